The van der Waals surface area contributed by atoms with Gasteiger partial charge in [0.25, 0.3) is 5.91 Å². The van der Waals surface area contributed by atoms with Gasteiger partial charge in [-0.15, -0.1) is 0 Å². The number of hydrogen-bond acceptors (Lipinski definition) is 2. The first-order valence-electron chi connectivity index (χ1n) is 5.18. The molecule has 2 rings (SSSR count). The number of hydrogen-bond donors (Lipinski definition) is 2. The Labute approximate surface area is 108 Å². The summed E-state index contributed by atoms with van der Waals surface area (Å²) in [6.07, 6.45) is 0. The molecule has 0 saturated carbocycles. The zero-order valence-corrected chi connectivity index (χ0v) is 10.4. The van der Waals surface area contributed by atoms with E-state index in [1.807, 2.05) is 0 Å². The average Bonchev–Trinajstić information content (AvgIpc) is 2.27. The normalized spacial score (nSPS) is 10.3. The zero-order valence-electron chi connectivity index (χ0n) is 9.64. The van der Waals surface area contributed by atoms with Gasteiger partial charge in [0, 0.05) is 10.4 Å². The maximum absolute atomic E-state index is 11.8. The van der Waals surface area contributed by atoms with Crippen LogP contribution in [-0.2, 0) is 0 Å². The van der Waals surface area contributed by atoms with Gasteiger partial charge in [0.1, 0.15) is 0 Å². The predicted octanol–water partition coefficient (Wildman–Crippen LogP) is 1.61. The van der Waals surface area contributed by atoms with Gasteiger partial charge in [0.2, 0.25) is 0 Å². The van der Waals surface area contributed by atoms with E-state index in [4.69, 9.17) is 23.1 Å². The Hall–Kier alpha value is -2.14. The van der Waals surface area contributed by atoms with Crippen LogP contribution in [0.25, 0.3) is 10.9 Å². The highest BCUT2D eigenvalue weighted by Crippen LogP contribution is 2.21. The number of amides is 1. The van der Waals surface area contributed by atoms with Crippen LogP contribution in [0.5, 0.6) is 0 Å². The Morgan fingerprint density at radius 1 is 1.33 bits per heavy atom. The van der Waals surface area contributed by atoms with Crippen molar-refractivity contribution in [3.8, 4) is 0 Å². The lowest BCUT2D eigenvalue weighted by molar-refractivity contribution is 0.100. The van der Waals surface area contributed by atoms with Gasteiger partial charge >= 0.3 is 0 Å². The second-order valence-corrected chi connectivity index (χ2v) is 4.24. The highest BCUT2D eigenvalue weighted by atomic mass is 35.5. The molecule has 4 N–H and O–H groups in total. The third kappa shape index (κ3) is 2.41. The van der Waals surface area contributed by atoms with E-state index in [-0.39, 0.29) is 5.96 Å². The van der Waals surface area contributed by atoms with Crippen LogP contribution in [0, 0.1) is 6.92 Å². The van der Waals surface area contributed by atoms with Crippen molar-refractivity contribution in [1.82, 2.24) is 4.98 Å². The Bertz CT molecular complexity index is 662. The van der Waals surface area contributed by atoms with Crippen molar-refractivity contribution in [1.29, 1.82) is 0 Å². The third-order valence-electron chi connectivity index (χ3n) is 2.43. The minimum Gasteiger partial charge on any atom is -0.370 e. The first-order chi connectivity index (χ1) is 8.47. The lowest BCUT2D eigenvalue weighted by Crippen LogP contribution is -2.24. The number of nitrogens with two attached hydrogens (primary N) is 2. The molecule has 92 valence electrons. The molecule has 0 fully saturated rings. The number of aliphatic imine (C=N–C) groups is 1. The summed E-state index contributed by atoms with van der Waals surface area (Å²) in [5.41, 5.74) is 12.1. The quantitative estimate of drug-likeness (QED) is 0.603. The summed E-state index contributed by atoms with van der Waals surface area (Å²) < 4.78 is 0. The Balaban J connectivity index is 2.61. The van der Waals surface area contributed by atoms with Crippen molar-refractivity contribution in [2.24, 2.45) is 16.5 Å². The highest BCUT2D eigenvalue weighted by Gasteiger charge is 2.11. The molecule has 0 saturated heterocycles. The molecule has 5 nitrogen and oxygen atoms in total. The standard InChI is InChI=1S/C12H11ClN4O/c1-6-9(11(18)17-12(14)15)5-7-4-8(13)2-3-10(7)16-6/h2-5H,1H3,(H4,14,15,17,18). The van der Waals surface area contributed by atoms with Gasteiger partial charge < -0.3 is 11.5 Å². The monoisotopic (exact) mass is 262 g/mol. The molecule has 0 unspecified atom stereocenters. The molecule has 2 aromatic rings. The molecule has 1 aromatic heterocycles. The van der Waals surface area contributed by atoms with E-state index in [0.717, 1.165) is 10.9 Å². The van der Waals surface area contributed by atoms with Crippen LogP contribution in [0.3, 0.4) is 0 Å². The first-order valence-corrected chi connectivity index (χ1v) is 5.56. The van der Waals surface area contributed by atoms with Crippen molar-refractivity contribution in [2.45, 2.75) is 6.92 Å². The Morgan fingerprint density at radius 3 is 2.72 bits per heavy atom. The molecule has 1 aromatic carbocycles. The summed E-state index contributed by atoms with van der Waals surface area (Å²) in [5, 5.41) is 1.34. The van der Waals surface area contributed by atoms with E-state index in [1.54, 1.807) is 31.2 Å². The molecule has 0 aliphatic heterocycles. The number of carbonyl (C=O) groups excluding carboxylic acids is 1. The molecule has 1 amide bonds. The van der Waals surface area contributed by atoms with Crippen LogP contribution in [0.4, 0.5) is 0 Å². The van der Waals surface area contributed by atoms with Crippen LogP contribution in [0.1, 0.15) is 16.1 Å². The number of rotatable bonds is 1. The highest BCUT2D eigenvalue weighted by molar-refractivity contribution is 6.31. The number of guanidine groups is 1. The number of fused-ring (bicyclic) bond motifs is 1. The maximum Gasteiger partial charge on any atom is 0.282 e. The zero-order chi connectivity index (χ0) is 13.3. The van der Waals surface area contributed by atoms with Crippen molar-refractivity contribution >= 4 is 34.4 Å². The maximum atomic E-state index is 11.8. The topological polar surface area (TPSA) is 94.4 Å². The SMILES string of the molecule is Cc1nc2ccc(Cl)cc2cc1C(=O)N=C(N)N. The number of aromatic nitrogens is 1. The number of benzene rings is 1. The van der Waals surface area contributed by atoms with Crippen molar-refractivity contribution in [3.63, 3.8) is 0 Å². The number of nitrogens with zero attached hydrogens (tertiary/aromatic N) is 2. The summed E-state index contributed by atoms with van der Waals surface area (Å²) in [4.78, 5) is 19.6. The predicted molar refractivity (Wildman–Crippen MR) is 71.6 cm³/mol. The number of aryl methyl sites for hydroxylation is 1. The molecule has 0 spiro atoms. The molecule has 0 atom stereocenters. The van der Waals surface area contributed by atoms with Gasteiger partial charge in [0.15, 0.2) is 5.96 Å². The average molecular weight is 263 g/mol. The Kier molecular flexibility index (Phi) is 3.16. The molecular weight excluding hydrogens is 252 g/mol. The van der Waals surface area contributed by atoms with Crippen LogP contribution >= 0.6 is 11.6 Å². The van der Waals surface area contributed by atoms with E-state index in [1.165, 1.54) is 0 Å². The lowest BCUT2D eigenvalue weighted by Gasteiger charge is -2.04. The molecular formula is C12H11ClN4O. The van der Waals surface area contributed by atoms with Crippen LogP contribution in [0.2, 0.25) is 5.02 Å². The van der Waals surface area contributed by atoms with Crippen molar-refractivity contribution in [3.05, 3.63) is 40.5 Å². The number of carbonyl (C=O) groups is 1. The van der Waals surface area contributed by atoms with Crippen LogP contribution in [0.15, 0.2) is 29.3 Å². The van der Waals surface area contributed by atoms with E-state index in [0.29, 0.717) is 16.3 Å². The summed E-state index contributed by atoms with van der Waals surface area (Å²) in [7, 11) is 0. The molecule has 6 heteroatoms. The molecule has 18 heavy (non-hydrogen) atoms. The first kappa shape index (κ1) is 12.3. The fourth-order valence-corrected chi connectivity index (χ4v) is 1.82. The number of pyridine rings is 1. The van der Waals surface area contributed by atoms with E-state index < -0.39 is 5.91 Å². The lowest BCUT2D eigenvalue weighted by atomic mass is 10.1. The number of halogens is 1. The van der Waals surface area contributed by atoms with Crippen LogP contribution < -0.4 is 11.5 Å². The fraction of sp³-hybridized carbons (Fsp3) is 0.0833. The summed E-state index contributed by atoms with van der Waals surface area (Å²) in [5.74, 6) is -0.785. The summed E-state index contributed by atoms with van der Waals surface area (Å²) in [6, 6.07) is 6.95. The fourth-order valence-electron chi connectivity index (χ4n) is 1.64. The van der Waals surface area contributed by atoms with Crippen molar-refractivity contribution < 1.29 is 4.79 Å². The van der Waals surface area contributed by atoms with Gasteiger partial charge in [-0.25, -0.2) is 0 Å². The largest absolute Gasteiger partial charge is 0.370 e. The van der Waals surface area contributed by atoms with Crippen LogP contribution in [-0.4, -0.2) is 16.9 Å². The second kappa shape index (κ2) is 4.62. The molecule has 1 heterocycles. The van der Waals surface area contributed by atoms with Gasteiger partial charge in [-0.2, -0.15) is 4.99 Å². The molecule has 0 aliphatic rings. The summed E-state index contributed by atoms with van der Waals surface area (Å²) in [6.45, 7) is 1.73. The molecule has 0 aliphatic carbocycles. The summed E-state index contributed by atoms with van der Waals surface area (Å²) >= 11 is 5.89. The van der Waals surface area contributed by atoms with Gasteiger partial charge in [-0.05, 0) is 31.2 Å². The second-order valence-electron chi connectivity index (χ2n) is 3.80. The van der Waals surface area contributed by atoms with E-state index in [9.17, 15) is 4.79 Å². The van der Waals surface area contributed by atoms with Gasteiger partial charge in [0.05, 0.1) is 16.8 Å². The minimum absolute atomic E-state index is 0.273. The minimum atomic E-state index is -0.512. The van der Waals surface area contributed by atoms with E-state index >= 15 is 0 Å². The Morgan fingerprint density at radius 2 is 2.06 bits per heavy atom. The molecule has 0 radical (unpaired) electrons. The third-order valence-corrected chi connectivity index (χ3v) is 2.66. The van der Waals surface area contributed by atoms with Gasteiger partial charge in [-0.3, -0.25) is 9.78 Å². The molecule has 0 bridgehead atoms. The van der Waals surface area contributed by atoms with Crippen molar-refractivity contribution in [2.75, 3.05) is 0 Å². The van der Waals surface area contributed by atoms with Gasteiger partial charge in [-0.1, -0.05) is 11.6 Å². The van der Waals surface area contributed by atoms with E-state index in [2.05, 4.69) is 9.98 Å². The smallest absolute Gasteiger partial charge is 0.282 e.